The molecule has 0 spiro atoms. The number of benzene rings is 8. The van der Waals surface area contributed by atoms with E-state index in [9.17, 15) is 0 Å². The van der Waals surface area contributed by atoms with Crippen molar-refractivity contribution in [3.63, 3.8) is 0 Å². The van der Waals surface area contributed by atoms with Crippen molar-refractivity contribution in [2.24, 2.45) is 0 Å². The van der Waals surface area contributed by atoms with Crippen LogP contribution >= 0.6 is 0 Å². The maximum atomic E-state index is 2.38. The van der Waals surface area contributed by atoms with E-state index in [-0.39, 0.29) is 25.8 Å². The summed E-state index contributed by atoms with van der Waals surface area (Å²) in [5.41, 5.74) is 13.3. The van der Waals surface area contributed by atoms with Crippen LogP contribution in [0.4, 0.5) is 0 Å². The first-order valence-corrected chi connectivity index (χ1v) is 23.2. The largest absolute Gasteiger partial charge is 0.164 e. The van der Waals surface area contributed by atoms with Gasteiger partial charge in [-0.2, -0.15) is 12.1 Å². The summed E-state index contributed by atoms with van der Waals surface area (Å²) in [5, 5.41) is 10.6. The Hall–Kier alpha value is -5.41. The summed E-state index contributed by atoms with van der Waals surface area (Å²) in [7, 11) is 1.08. The molecule has 60 heavy (non-hydrogen) atoms. The molecule has 10 rings (SSSR count). The molecule has 2 radical (unpaired) electrons. The van der Waals surface area contributed by atoms with Crippen LogP contribution < -0.4 is 0 Å². The molecular formula is C58H52HfSi-2. The maximum absolute atomic E-state index is 2.38. The summed E-state index contributed by atoms with van der Waals surface area (Å²) >= 11 is 0. The first-order valence-electron chi connectivity index (χ1n) is 21.2. The molecular weight excluding hydrogens is 903 g/mol. The minimum Gasteiger partial charge on any atom is -0.164 e. The van der Waals surface area contributed by atoms with Crippen LogP contribution in [0.5, 0.6) is 0 Å². The van der Waals surface area contributed by atoms with Gasteiger partial charge >= 0.3 is 0 Å². The predicted octanol–water partition coefficient (Wildman–Crippen LogP) is 16.8. The second kappa shape index (κ2) is 20.2. The first-order chi connectivity index (χ1) is 29.1. The molecule has 10 aromatic rings. The molecule has 0 aliphatic carbocycles. The van der Waals surface area contributed by atoms with E-state index in [4.69, 9.17) is 0 Å². The Labute approximate surface area is 378 Å². The zero-order valence-corrected chi connectivity index (χ0v) is 39.9. The molecule has 0 saturated carbocycles. The van der Waals surface area contributed by atoms with Crippen LogP contribution in [0.25, 0.3) is 87.6 Å². The predicted molar refractivity (Wildman–Crippen MR) is 261 cm³/mol. The molecule has 0 unspecified atom stereocenters. The van der Waals surface area contributed by atoms with Crippen LogP contribution in [0.15, 0.2) is 194 Å². The van der Waals surface area contributed by atoms with E-state index in [2.05, 4.69) is 221 Å². The van der Waals surface area contributed by atoms with Crippen LogP contribution in [-0.4, -0.2) is 9.52 Å². The molecule has 0 amide bonds. The molecule has 0 saturated heterocycles. The maximum Gasteiger partial charge on any atom is 0.0307 e. The summed E-state index contributed by atoms with van der Waals surface area (Å²) in [6, 6.07) is 71.0. The van der Waals surface area contributed by atoms with E-state index in [0.29, 0.717) is 0 Å². The van der Waals surface area contributed by atoms with Gasteiger partial charge in [0.25, 0.3) is 0 Å². The number of fused-ring (bicyclic) bond motifs is 4. The topological polar surface area (TPSA) is 0 Å². The van der Waals surface area contributed by atoms with Gasteiger partial charge in [0.15, 0.2) is 0 Å². The number of hydrogen-bond acceptors (Lipinski definition) is 0. The first kappa shape index (κ1) is 42.7. The molecule has 0 heterocycles. The smallest absolute Gasteiger partial charge is 0.0307 e. The van der Waals surface area contributed by atoms with E-state index >= 15 is 0 Å². The van der Waals surface area contributed by atoms with Gasteiger partial charge in [0.05, 0.1) is 0 Å². The van der Waals surface area contributed by atoms with Crippen LogP contribution in [0.3, 0.4) is 0 Å². The van der Waals surface area contributed by atoms with Crippen molar-refractivity contribution >= 4 is 52.6 Å². The van der Waals surface area contributed by atoms with Crippen molar-refractivity contribution in [3.8, 4) is 44.5 Å². The molecule has 0 aliphatic rings. The third-order valence-corrected chi connectivity index (χ3v) is 11.3. The second-order valence-corrected chi connectivity index (χ2v) is 16.5. The van der Waals surface area contributed by atoms with E-state index in [1.165, 1.54) is 112 Å². The fourth-order valence-corrected chi connectivity index (χ4v) is 8.76. The van der Waals surface area contributed by atoms with Crippen LogP contribution in [-0.2, 0) is 38.7 Å². The summed E-state index contributed by atoms with van der Waals surface area (Å²) in [5.74, 6) is 0. The van der Waals surface area contributed by atoms with Crippen molar-refractivity contribution in [1.29, 1.82) is 0 Å². The Morgan fingerprint density at radius 1 is 0.350 bits per heavy atom. The molecule has 0 aromatic heterocycles. The van der Waals surface area contributed by atoms with Gasteiger partial charge in [0.1, 0.15) is 0 Å². The van der Waals surface area contributed by atoms with E-state index in [0.717, 1.165) is 22.4 Å². The van der Waals surface area contributed by atoms with Gasteiger partial charge in [0.2, 0.25) is 0 Å². The quantitative estimate of drug-likeness (QED) is 0.105. The van der Waals surface area contributed by atoms with Gasteiger partial charge in [-0.25, -0.2) is 0 Å². The Morgan fingerprint density at radius 2 is 0.633 bits per heavy atom. The van der Waals surface area contributed by atoms with Crippen molar-refractivity contribution in [2.45, 2.75) is 52.6 Å². The molecule has 0 fully saturated rings. The molecule has 0 aliphatic heterocycles. The van der Waals surface area contributed by atoms with Gasteiger partial charge in [-0.15, -0.1) is 69.1 Å². The third kappa shape index (κ3) is 9.02. The van der Waals surface area contributed by atoms with Crippen molar-refractivity contribution in [1.82, 2.24) is 0 Å². The molecule has 0 nitrogen and oxygen atoms in total. The second-order valence-electron chi connectivity index (χ2n) is 15.5. The zero-order valence-electron chi connectivity index (χ0n) is 35.3. The molecule has 10 aromatic carbocycles. The molecule has 0 atom stereocenters. The SMILES string of the molecule is CCCc1cc2c(-c3ccccc3-c3cccc4ccccc34)cccc2[cH-]1.CCCc1cc2c(-c3ccccc3-c3cccc4ccccc34)cccc2[cH-]1.C[Si]C.[Hf]. The number of aryl methyl sites for hydroxylation is 2. The van der Waals surface area contributed by atoms with Crippen LogP contribution in [0, 0.1) is 0 Å². The average Bonchev–Trinajstić information content (AvgIpc) is 3.90. The Morgan fingerprint density at radius 3 is 1.00 bits per heavy atom. The van der Waals surface area contributed by atoms with Crippen molar-refractivity contribution < 1.29 is 25.8 Å². The Kier molecular flexibility index (Phi) is 14.4. The monoisotopic (exact) mass is 956 g/mol. The van der Waals surface area contributed by atoms with Crippen molar-refractivity contribution in [3.05, 3.63) is 205 Å². The Balaban J connectivity index is 0.000000168. The third-order valence-electron chi connectivity index (χ3n) is 11.3. The van der Waals surface area contributed by atoms with Crippen LogP contribution in [0.1, 0.15) is 37.8 Å². The van der Waals surface area contributed by atoms with Gasteiger partial charge in [-0.1, -0.05) is 197 Å². The molecule has 2 heteroatoms. The standard InChI is InChI=1S/2C28H23.C2H6Si.Hf/c2*1-2-9-20-18-22-12-8-17-27(28(22)19-20)26-15-6-5-14-25(26)24-16-7-11-21-10-3-4-13-23(21)24;1-3-2;/h2*3-8,10-19H,2,9H2,1H3;1-2H3;/q2*-1;;. The van der Waals surface area contributed by atoms with Gasteiger partial charge in [-0.05, 0) is 67.8 Å². The summed E-state index contributed by atoms with van der Waals surface area (Å²) in [6.45, 7) is 8.79. The minimum atomic E-state index is 0. The van der Waals surface area contributed by atoms with Crippen LogP contribution in [0.2, 0.25) is 13.1 Å². The van der Waals surface area contributed by atoms with Crippen molar-refractivity contribution in [2.75, 3.05) is 0 Å². The molecule has 0 N–H and O–H groups in total. The summed E-state index contributed by atoms with van der Waals surface area (Å²) in [4.78, 5) is 0. The van der Waals surface area contributed by atoms with Gasteiger partial charge < -0.3 is 0 Å². The summed E-state index contributed by atoms with van der Waals surface area (Å²) in [6.07, 6.45) is 4.63. The summed E-state index contributed by atoms with van der Waals surface area (Å²) < 4.78 is 0. The number of hydrogen-bond donors (Lipinski definition) is 0. The molecule has 294 valence electrons. The Bertz CT molecular complexity index is 2760. The number of rotatable bonds is 8. The zero-order chi connectivity index (χ0) is 40.6. The normalized spacial score (nSPS) is 10.9. The van der Waals surface area contributed by atoms with Gasteiger partial charge in [-0.3, -0.25) is 0 Å². The molecule has 0 bridgehead atoms. The van der Waals surface area contributed by atoms with E-state index in [1.807, 2.05) is 0 Å². The van der Waals surface area contributed by atoms with E-state index < -0.39 is 0 Å². The van der Waals surface area contributed by atoms with Gasteiger partial charge in [0, 0.05) is 35.4 Å². The average molecular weight is 956 g/mol. The minimum absolute atomic E-state index is 0. The fourth-order valence-electron chi connectivity index (χ4n) is 8.76. The van der Waals surface area contributed by atoms with E-state index in [1.54, 1.807) is 0 Å². The fraction of sp³-hybridized carbons (Fsp3) is 0.138.